The van der Waals surface area contributed by atoms with Gasteiger partial charge in [-0.3, -0.25) is 4.79 Å². The minimum atomic E-state index is 0.282. The van der Waals surface area contributed by atoms with E-state index in [-0.39, 0.29) is 5.92 Å². The van der Waals surface area contributed by atoms with E-state index in [0.29, 0.717) is 5.78 Å². The number of benzene rings is 1. The van der Waals surface area contributed by atoms with Crippen LogP contribution in [0.2, 0.25) is 0 Å². The highest BCUT2D eigenvalue weighted by Gasteiger charge is 2.35. The Balaban J connectivity index is 1.74. The molecule has 2 fully saturated rings. The summed E-state index contributed by atoms with van der Waals surface area (Å²) in [6, 6.07) is 8.08. The van der Waals surface area contributed by atoms with Crippen molar-refractivity contribution < 1.29 is 4.79 Å². The number of fused-ring (bicyclic) bond motifs is 2. The van der Waals surface area contributed by atoms with Crippen LogP contribution < -0.4 is 0 Å². The van der Waals surface area contributed by atoms with E-state index < -0.39 is 0 Å². The van der Waals surface area contributed by atoms with E-state index in [0.717, 1.165) is 28.9 Å². The summed E-state index contributed by atoms with van der Waals surface area (Å²) in [5, 5.41) is 1.49. The second-order valence-corrected chi connectivity index (χ2v) is 7.32. The van der Waals surface area contributed by atoms with Gasteiger partial charge >= 0.3 is 0 Å². The van der Waals surface area contributed by atoms with Crippen LogP contribution in [0.5, 0.6) is 0 Å². The molecule has 2 aliphatic rings. The second kappa shape index (κ2) is 5.08. The van der Waals surface area contributed by atoms with Gasteiger partial charge in [-0.05, 0) is 32.6 Å². The van der Waals surface area contributed by atoms with Crippen LogP contribution in [-0.4, -0.2) is 16.3 Å². The summed E-state index contributed by atoms with van der Waals surface area (Å²) in [7, 11) is 0. The van der Waals surface area contributed by atoms with Crippen LogP contribution in [0.25, 0.3) is 0 Å². The molecule has 0 radical (unpaired) electrons. The molecule has 3 rings (SSSR count). The molecular formula is C16H20OS. The lowest BCUT2D eigenvalue weighted by atomic mass is 9.84. The third-order valence-corrected chi connectivity index (χ3v) is 5.86. The van der Waals surface area contributed by atoms with Crippen molar-refractivity contribution in [2.24, 2.45) is 5.92 Å². The zero-order valence-electron chi connectivity index (χ0n) is 10.9. The molecule has 2 heterocycles. The van der Waals surface area contributed by atoms with E-state index in [1.165, 1.54) is 24.8 Å². The Morgan fingerprint density at radius 1 is 1.11 bits per heavy atom. The fourth-order valence-corrected chi connectivity index (χ4v) is 5.06. The van der Waals surface area contributed by atoms with Crippen LogP contribution >= 0.6 is 11.8 Å². The van der Waals surface area contributed by atoms with Crippen LogP contribution in [0.4, 0.5) is 0 Å². The summed E-state index contributed by atoms with van der Waals surface area (Å²) in [5.74, 6) is 0.663. The van der Waals surface area contributed by atoms with E-state index in [9.17, 15) is 4.79 Å². The van der Waals surface area contributed by atoms with Crippen LogP contribution in [0.1, 0.15) is 48.0 Å². The molecule has 1 nitrogen and oxygen atoms in total. The highest BCUT2D eigenvalue weighted by atomic mass is 32.2. The molecule has 0 aromatic heterocycles. The zero-order chi connectivity index (χ0) is 12.5. The fourth-order valence-electron chi connectivity index (χ4n) is 3.23. The van der Waals surface area contributed by atoms with Gasteiger partial charge in [0.1, 0.15) is 0 Å². The van der Waals surface area contributed by atoms with Crippen molar-refractivity contribution in [1.82, 2.24) is 0 Å². The molecular weight excluding hydrogens is 240 g/mol. The smallest absolute Gasteiger partial charge is 0.166 e. The molecule has 96 valence electrons. The number of carbonyl (C=O) groups is 1. The van der Waals surface area contributed by atoms with Gasteiger partial charge in [0.05, 0.1) is 0 Å². The van der Waals surface area contributed by atoms with Crippen molar-refractivity contribution in [2.45, 2.75) is 49.5 Å². The topological polar surface area (TPSA) is 17.1 Å². The van der Waals surface area contributed by atoms with Crippen molar-refractivity contribution in [2.75, 3.05) is 0 Å². The van der Waals surface area contributed by atoms with Gasteiger partial charge in [0.2, 0.25) is 0 Å². The van der Waals surface area contributed by atoms with E-state index in [4.69, 9.17) is 0 Å². The SMILES string of the molecule is Cc1ccc(C(=O)C2CC3CCCC(C2)S3)cc1. The second-order valence-electron chi connectivity index (χ2n) is 5.71. The predicted octanol–water partition coefficient (Wildman–Crippen LogP) is 4.24. The maximum atomic E-state index is 12.5. The number of ketones is 1. The van der Waals surface area contributed by atoms with Gasteiger partial charge in [-0.15, -0.1) is 0 Å². The third kappa shape index (κ3) is 2.49. The average Bonchev–Trinajstić information content (AvgIpc) is 2.38. The maximum Gasteiger partial charge on any atom is 0.166 e. The van der Waals surface area contributed by atoms with Gasteiger partial charge in [-0.25, -0.2) is 0 Å². The molecule has 1 aromatic rings. The molecule has 1 aromatic carbocycles. The maximum absolute atomic E-state index is 12.5. The van der Waals surface area contributed by atoms with Crippen molar-refractivity contribution in [3.05, 3.63) is 35.4 Å². The number of hydrogen-bond donors (Lipinski definition) is 0. The molecule has 2 atom stereocenters. The summed E-state index contributed by atoms with van der Waals surface area (Å²) in [6.07, 6.45) is 6.22. The first-order chi connectivity index (χ1) is 8.72. The Labute approximate surface area is 113 Å². The molecule has 0 spiro atoms. The molecule has 0 saturated carbocycles. The first-order valence-corrected chi connectivity index (χ1v) is 7.93. The number of aryl methyl sites for hydroxylation is 1. The van der Waals surface area contributed by atoms with Crippen LogP contribution in [0.15, 0.2) is 24.3 Å². The van der Waals surface area contributed by atoms with Crippen molar-refractivity contribution in [3.8, 4) is 0 Å². The monoisotopic (exact) mass is 260 g/mol. The molecule has 0 aliphatic carbocycles. The van der Waals surface area contributed by atoms with Crippen molar-refractivity contribution >= 4 is 17.5 Å². The van der Waals surface area contributed by atoms with E-state index in [1.807, 2.05) is 24.3 Å². The molecule has 2 heteroatoms. The van der Waals surface area contributed by atoms with Gasteiger partial charge in [-0.2, -0.15) is 11.8 Å². The van der Waals surface area contributed by atoms with Gasteiger partial charge in [-0.1, -0.05) is 36.2 Å². The molecule has 0 N–H and O–H groups in total. The molecule has 2 unspecified atom stereocenters. The first-order valence-electron chi connectivity index (χ1n) is 6.99. The summed E-state index contributed by atoms with van der Waals surface area (Å²) in [6.45, 7) is 2.07. The van der Waals surface area contributed by atoms with Crippen molar-refractivity contribution in [1.29, 1.82) is 0 Å². The van der Waals surface area contributed by atoms with Gasteiger partial charge in [0, 0.05) is 22.0 Å². The number of thioether (sulfide) groups is 1. The molecule has 2 saturated heterocycles. The molecule has 0 amide bonds. The van der Waals surface area contributed by atoms with E-state index in [2.05, 4.69) is 18.7 Å². The first kappa shape index (κ1) is 12.3. The van der Waals surface area contributed by atoms with Crippen LogP contribution in [0.3, 0.4) is 0 Å². The lowest BCUT2D eigenvalue weighted by Crippen LogP contribution is -2.32. The Hall–Kier alpha value is -0.760. The summed E-state index contributed by atoms with van der Waals surface area (Å²) < 4.78 is 0. The Morgan fingerprint density at radius 3 is 2.33 bits per heavy atom. The van der Waals surface area contributed by atoms with Gasteiger partial charge < -0.3 is 0 Å². The van der Waals surface area contributed by atoms with Crippen molar-refractivity contribution in [3.63, 3.8) is 0 Å². The third-order valence-electron chi connectivity index (χ3n) is 4.24. The Bertz CT molecular complexity index is 425. The lowest BCUT2D eigenvalue weighted by Gasteiger charge is -2.37. The standard InChI is InChI=1S/C16H20OS/c1-11-5-7-12(8-6-11)16(17)13-9-14-3-2-4-15(10-13)18-14/h5-8,13-15H,2-4,9-10H2,1H3. The van der Waals surface area contributed by atoms with Gasteiger partial charge in [0.25, 0.3) is 0 Å². The molecule has 2 bridgehead atoms. The van der Waals surface area contributed by atoms with Crippen LogP contribution in [-0.2, 0) is 0 Å². The van der Waals surface area contributed by atoms with E-state index >= 15 is 0 Å². The summed E-state index contributed by atoms with van der Waals surface area (Å²) >= 11 is 2.14. The highest BCUT2D eigenvalue weighted by molar-refractivity contribution is 8.00. The highest BCUT2D eigenvalue weighted by Crippen LogP contribution is 2.44. The Morgan fingerprint density at radius 2 is 1.72 bits per heavy atom. The lowest BCUT2D eigenvalue weighted by molar-refractivity contribution is 0.0896. The summed E-state index contributed by atoms with van der Waals surface area (Å²) in [4.78, 5) is 12.5. The normalized spacial score (nSPS) is 31.1. The minimum Gasteiger partial charge on any atom is -0.294 e. The number of carbonyl (C=O) groups excluding carboxylic acids is 1. The Kier molecular flexibility index (Phi) is 3.47. The fraction of sp³-hybridized carbons (Fsp3) is 0.562. The zero-order valence-corrected chi connectivity index (χ0v) is 11.7. The van der Waals surface area contributed by atoms with Crippen LogP contribution in [0, 0.1) is 12.8 Å². The number of rotatable bonds is 2. The molecule has 18 heavy (non-hydrogen) atoms. The largest absolute Gasteiger partial charge is 0.294 e. The molecule has 2 aliphatic heterocycles. The minimum absolute atomic E-state index is 0.282. The predicted molar refractivity (Wildman–Crippen MR) is 77.3 cm³/mol. The number of hydrogen-bond acceptors (Lipinski definition) is 2. The average molecular weight is 260 g/mol. The van der Waals surface area contributed by atoms with E-state index in [1.54, 1.807) is 0 Å². The van der Waals surface area contributed by atoms with Gasteiger partial charge in [0.15, 0.2) is 5.78 Å². The number of Topliss-reactive ketones (excluding diaryl/α,β-unsaturated/α-hetero) is 1. The quantitative estimate of drug-likeness (QED) is 0.740. The summed E-state index contributed by atoms with van der Waals surface area (Å²) in [5.41, 5.74) is 2.14.